The van der Waals surface area contributed by atoms with Crippen LogP contribution in [0.3, 0.4) is 0 Å². The van der Waals surface area contributed by atoms with Gasteiger partial charge >= 0.3 is 0 Å². The summed E-state index contributed by atoms with van der Waals surface area (Å²) in [5.41, 5.74) is 6.97. The summed E-state index contributed by atoms with van der Waals surface area (Å²) in [6.45, 7) is 2.03. The van der Waals surface area contributed by atoms with Gasteiger partial charge in [-0.15, -0.1) is 0 Å². The number of benzene rings is 2. The summed E-state index contributed by atoms with van der Waals surface area (Å²) in [5, 5.41) is 0. The molecule has 94 valence electrons. The van der Waals surface area contributed by atoms with Crippen LogP contribution < -0.4 is 0 Å². The van der Waals surface area contributed by atoms with E-state index in [-0.39, 0.29) is 0 Å². The molecule has 0 unspecified atom stereocenters. The van der Waals surface area contributed by atoms with E-state index >= 15 is 0 Å². The zero-order valence-electron chi connectivity index (χ0n) is 11.1. The maximum Gasteiger partial charge on any atom is 0.0115 e. The van der Waals surface area contributed by atoms with Crippen molar-refractivity contribution < 1.29 is 0 Å². The molecule has 1 nitrogen and oxygen atoms in total. The summed E-state index contributed by atoms with van der Waals surface area (Å²) < 4.78 is 0. The highest BCUT2D eigenvalue weighted by atomic mass is 14.7. The first-order valence-electron chi connectivity index (χ1n) is 6.61. The Balaban J connectivity index is 0.000000155. The molecule has 0 amide bonds. The first-order chi connectivity index (χ1) is 9.34. The number of hydrogen-bond acceptors (Lipinski definition) is 0. The van der Waals surface area contributed by atoms with Crippen LogP contribution in [0.1, 0.15) is 16.8 Å². The number of fused-ring (bicyclic) bond motifs is 3. The molecule has 1 N–H and O–H groups in total. The molecule has 0 bridgehead atoms. The van der Waals surface area contributed by atoms with Gasteiger partial charge in [0, 0.05) is 11.9 Å². The number of H-pyrrole nitrogens is 1. The lowest BCUT2D eigenvalue weighted by molar-refractivity contribution is 1.26. The number of hydrogen-bond donors (Lipinski definition) is 1. The SMILES string of the molecule is Cc1ccc[nH]1.c1ccc2c(c1)Cc1ccccc1-2. The van der Waals surface area contributed by atoms with Crippen molar-refractivity contribution in [3.63, 3.8) is 0 Å². The normalized spacial score (nSPS) is 11.2. The predicted molar refractivity (Wildman–Crippen MR) is 80.2 cm³/mol. The van der Waals surface area contributed by atoms with Crippen molar-refractivity contribution >= 4 is 0 Å². The van der Waals surface area contributed by atoms with Gasteiger partial charge in [0.25, 0.3) is 0 Å². The predicted octanol–water partition coefficient (Wildman–Crippen LogP) is 4.58. The second-order valence-electron chi connectivity index (χ2n) is 4.84. The van der Waals surface area contributed by atoms with E-state index in [4.69, 9.17) is 0 Å². The smallest absolute Gasteiger partial charge is 0.0115 e. The highest BCUT2D eigenvalue weighted by Gasteiger charge is 2.15. The van der Waals surface area contributed by atoms with Gasteiger partial charge in [-0.3, -0.25) is 0 Å². The van der Waals surface area contributed by atoms with Crippen molar-refractivity contribution in [1.29, 1.82) is 0 Å². The van der Waals surface area contributed by atoms with Crippen molar-refractivity contribution in [1.82, 2.24) is 4.98 Å². The fraction of sp³-hybridized carbons (Fsp3) is 0.111. The second kappa shape index (κ2) is 5.15. The van der Waals surface area contributed by atoms with Gasteiger partial charge in [0.1, 0.15) is 0 Å². The molecule has 4 rings (SSSR count). The van der Waals surface area contributed by atoms with Crippen LogP contribution in [0.5, 0.6) is 0 Å². The third kappa shape index (κ3) is 2.45. The van der Waals surface area contributed by atoms with Gasteiger partial charge in [0.2, 0.25) is 0 Å². The van der Waals surface area contributed by atoms with Gasteiger partial charge < -0.3 is 4.98 Å². The molecular weight excluding hydrogens is 230 g/mol. The number of aryl methyl sites for hydroxylation is 1. The third-order valence-corrected chi connectivity index (χ3v) is 3.46. The molecule has 1 aliphatic rings. The van der Waals surface area contributed by atoms with E-state index in [0.717, 1.165) is 6.42 Å². The van der Waals surface area contributed by atoms with Crippen LogP contribution in [0.4, 0.5) is 0 Å². The van der Waals surface area contributed by atoms with Crippen molar-refractivity contribution in [2.45, 2.75) is 13.3 Å². The van der Waals surface area contributed by atoms with Crippen LogP contribution in [0, 0.1) is 6.92 Å². The maximum atomic E-state index is 3.00. The van der Waals surface area contributed by atoms with Crippen molar-refractivity contribution in [2.75, 3.05) is 0 Å². The molecule has 1 aromatic heterocycles. The Labute approximate surface area is 113 Å². The van der Waals surface area contributed by atoms with Crippen LogP contribution in [0.2, 0.25) is 0 Å². The molecular formula is C18H17N. The van der Waals surface area contributed by atoms with E-state index in [1.807, 2.05) is 25.3 Å². The minimum absolute atomic E-state index is 1.10. The van der Waals surface area contributed by atoms with Gasteiger partial charge in [-0.25, -0.2) is 0 Å². The standard InChI is InChI=1S/C13H10.C5H7N/c1-3-7-12-10(5-1)9-11-6-2-4-8-13(11)12;1-5-3-2-4-6-5/h1-8H,9H2;2-4,6H,1H3. The summed E-state index contributed by atoms with van der Waals surface area (Å²) in [4.78, 5) is 3.00. The van der Waals surface area contributed by atoms with Gasteiger partial charge in [0.15, 0.2) is 0 Å². The Bertz CT molecular complexity index is 622. The lowest BCUT2D eigenvalue weighted by Crippen LogP contribution is -1.77. The Hall–Kier alpha value is -2.28. The average molecular weight is 247 g/mol. The van der Waals surface area contributed by atoms with Crippen LogP contribution in [0.15, 0.2) is 66.9 Å². The van der Waals surface area contributed by atoms with E-state index in [2.05, 4.69) is 53.5 Å². The molecule has 1 heteroatoms. The molecule has 0 saturated carbocycles. The van der Waals surface area contributed by atoms with E-state index < -0.39 is 0 Å². The molecule has 0 fully saturated rings. The molecule has 0 saturated heterocycles. The summed E-state index contributed by atoms with van der Waals surface area (Å²) in [7, 11) is 0. The monoisotopic (exact) mass is 247 g/mol. The first kappa shape index (κ1) is 11.8. The largest absolute Gasteiger partial charge is 0.365 e. The number of nitrogens with one attached hydrogen (secondary N) is 1. The highest BCUT2D eigenvalue weighted by Crippen LogP contribution is 2.35. The minimum Gasteiger partial charge on any atom is -0.365 e. The van der Waals surface area contributed by atoms with E-state index in [1.165, 1.54) is 27.9 Å². The molecule has 0 radical (unpaired) electrons. The Kier molecular flexibility index (Phi) is 3.20. The summed E-state index contributed by atoms with van der Waals surface area (Å²) in [6, 6.07) is 21.3. The van der Waals surface area contributed by atoms with Crippen LogP contribution in [0.25, 0.3) is 11.1 Å². The zero-order valence-corrected chi connectivity index (χ0v) is 11.1. The first-order valence-corrected chi connectivity index (χ1v) is 6.61. The molecule has 1 aliphatic carbocycles. The fourth-order valence-corrected chi connectivity index (χ4v) is 2.50. The topological polar surface area (TPSA) is 15.8 Å². The van der Waals surface area contributed by atoms with Gasteiger partial charge in [0.05, 0.1) is 0 Å². The zero-order chi connectivity index (χ0) is 13.1. The molecule has 3 aromatic rings. The lowest BCUT2D eigenvalue weighted by atomic mass is 10.1. The van der Waals surface area contributed by atoms with Gasteiger partial charge in [-0.1, -0.05) is 48.5 Å². The number of aromatic amines is 1. The molecule has 1 heterocycles. The highest BCUT2D eigenvalue weighted by molar-refractivity contribution is 5.76. The van der Waals surface area contributed by atoms with Crippen LogP contribution in [-0.2, 0) is 6.42 Å². The van der Waals surface area contributed by atoms with E-state index in [1.54, 1.807) is 0 Å². The lowest BCUT2D eigenvalue weighted by Gasteiger charge is -1.98. The maximum absolute atomic E-state index is 3.00. The molecule has 0 spiro atoms. The Morgan fingerprint density at radius 3 is 1.74 bits per heavy atom. The molecule has 19 heavy (non-hydrogen) atoms. The third-order valence-electron chi connectivity index (χ3n) is 3.46. The molecule has 0 aliphatic heterocycles. The number of rotatable bonds is 0. The molecule has 2 aromatic carbocycles. The van der Waals surface area contributed by atoms with Crippen LogP contribution >= 0.6 is 0 Å². The van der Waals surface area contributed by atoms with E-state index in [0.29, 0.717) is 0 Å². The summed E-state index contributed by atoms with van der Waals surface area (Å²) in [6.07, 6.45) is 3.02. The average Bonchev–Trinajstić information content (AvgIpc) is 3.06. The minimum atomic E-state index is 1.10. The van der Waals surface area contributed by atoms with Crippen LogP contribution in [-0.4, -0.2) is 4.98 Å². The fourth-order valence-electron chi connectivity index (χ4n) is 2.50. The van der Waals surface area contributed by atoms with Gasteiger partial charge in [-0.05, 0) is 47.7 Å². The Morgan fingerprint density at radius 1 is 0.737 bits per heavy atom. The van der Waals surface area contributed by atoms with E-state index in [9.17, 15) is 0 Å². The quantitative estimate of drug-likeness (QED) is 0.468. The van der Waals surface area contributed by atoms with Crippen molar-refractivity contribution in [3.8, 4) is 11.1 Å². The van der Waals surface area contributed by atoms with Crippen molar-refractivity contribution in [3.05, 3.63) is 83.7 Å². The summed E-state index contributed by atoms with van der Waals surface area (Å²) in [5.74, 6) is 0. The van der Waals surface area contributed by atoms with Gasteiger partial charge in [-0.2, -0.15) is 0 Å². The summed E-state index contributed by atoms with van der Waals surface area (Å²) >= 11 is 0. The second-order valence-corrected chi connectivity index (χ2v) is 4.84. The molecule has 0 atom stereocenters. The van der Waals surface area contributed by atoms with Crippen molar-refractivity contribution in [2.24, 2.45) is 0 Å². The Morgan fingerprint density at radius 2 is 1.32 bits per heavy atom. The number of aromatic nitrogens is 1.